The second kappa shape index (κ2) is 9.74. The Morgan fingerprint density at radius 3 is 2.43 bits per heavy atom. The van der Waals surface area contributed by atoms with Gasteiger partial charge < -0.3 is 10.1 Å². The van der Waals surface area contributed by atoms with Crippen LogP contribution in [0.25, 0.3) is 0 Å². The number of rotatable bonds is 6. The van der Waals surface area contributed by atoms with Crippen LogP contribution in [0.5, 0.6) is 11.6 Å². The summed E-state index contributed by atoms with van der Waals surface area (Å²) in [4.78, 5) is 13.1. The number of anilines is 1. The number of benzene rings is 2. The first-order chi connectivity index (χ1) is 16.2. The zero-order chi connectivity index (χ0) is 26.1. The normalized spacial score (nSPS) is 13.4. The molecule has 0 bridgehead atoms. The molecule has 3 aromatic rings. The van der Waals surface area contributed by atoms with E-state index in [1.54, 1.807) is 0 Å². The Labute approximate surface area is 201 Å². The largest absolute Gasteiger partial charge is 0.437 e. The molecule has 1 aromatic heterocycles. The molecule has 2 N–H and O–H groups in total. The predicted octanol–water partition coefficient (Wildman–Crippen LogP) is 6.47. The first-order valence-corrected chi connectivity index (χ1v) is 11.9. The molecule has 2 aromatic carbocycles. The first-order valence-electron chi connectivity index (χ1n) is 9.53. The maximum absolute atomic E-state index is 13.4. The van der Waals surface area contributed by atoms with Crippen LogP contribution < -0.4 is 10.1 Å². The summed E-state index contributed by atoms with van der Waals surface area (Å²) in [5.41, 5.74) is -3.11. The third-order valence-corrected chi connectivity index (χ3v) is 6.12. The van der Waals surface area contributed by atoms with E-state index in [9.17, 15) is 31.0 Å². The highest BCUT2D eigenvalue weighted by Gasteiger charge is 2.38. The second-order valence-electron chi connectivity index (χ2n) is 7.26. The zero-order valence-electron chi connectivity index (χ0n) is 17.9. The lowest BCUT2D eigenvalue weighted by atomic mass is 10.1. The van der Waals surface area contributed by atoms with Gasteiger partial charge in [0, 0.05) is 22.4 Å². The number of aromatic nitrogens is 2. The van der Waals surface area contributed by atoms with Gasteiger partial charge in [-0.3, -0.25) is 4.79 Å². The quantitative estimate of drug-likeness (QED) is 0.352. The van der Waals surface area contributed by atoms with Crippen molar-refractivity contribution in [3.8, 4) is 11.6 Å². The number of halogens is 6. The fourth-order valence-corrected chi connectivity index (χ4v) is 3.92. The molecular weight excluding hydrogens is 519 g/mol. The van der Waals surface area contributed by atoms with Gasteiger partial charge in [-0.15, -0.1) is 10.2 Å². The van der Waals surface area contributed by atoms with Gasteiger partial charge in [0.2, 0.25) is 0 Å². The van der Waals surface area contributed by atoms with E-state index in [2.05, 4.69) is 15.5 Å². The van der Waals surface area contributed by atoms with E-state index < -0.39 is 56.5 Å². The SMILES string of the molecule is Cc1c(C(F)(F)F)nnc(Oc2ccc(C(F)F)c(Cl)c2)c1C(=O)Nc1cccc(S(C)(=N)=O)c1. The lowest BCUT2D eigenvalue weighted by molar-refractivity contribution is -0.142. The van der Waals surface area contributed by atoms with E-state index in [0.717, 1.165) is 31.4 Å². The van der Waals surface area contributed by atoms with E-state index >= 15 is 0 Å². The van der Waals surface area contributed by atoms with Gasteiger partial charge in [-0.2, -0.15) is 13.2 Å². The van der Waals surface area contributed by atoms with E-state index in [1.165, 1.54) is 24.3 Å². The van der Waals surface area contributed by atoms with Gasteiger partial charge in [0.1, 0.15) is 11.3 Å². The van der Waals surface area contributed by atoms with Gasteiger partial charge in [-0.1, -0.05) is 17.7 Å². The Bertz CT molecular complexity index is 1400. The molecule has 0 radical (unpaired) electrons. The molecule has 186 valence electrons. The minimum absolute atomic E-state index is 0.0503. The third-order valence-electron chi connectivity index (χ3n) is 4.64. The number of ether oxygens (including phenoxy) is 1. The first kappa shape index (κ1) is 26.3. The summed E-state index contributed by atoms with van der Waals surface area (Å²) in [6.07, 6.45) is -6.65. The second-order valence-corrected chi connectivity index (χ2v) is 9.83. The molecule has 0 aliphatic heterocycles. The highest BCUT2D eigenvalue weighted by Crippen LogP contribution is 2.36. The Kier molecular flexibility index (Phi) is 7.31. The van der Waals surface area contributed by atoms with Gasteiger partial charge in [-0.25, -0.2) is 17.8 Å². The van der Waals surface area contributed by atoms with Crippen LogP contribution in [0.1, 0.15) is 33.6 Å². The molecular formula is C21H16ClF5N4O3S. The fraction of sp³-hybridized carbons (Fsp3) is 0.190. The average molecular weight is 535 g/mol. The van der Waals surface area contributed by atoms with Crippen molar-refractivity contribution in [1.29, 1.82) is 4.78 Å². The smallest absolute Gasteiger partial charge is 0.435 e. The van der Waals surface area contributed by atoms with Crippen molar-refractivity contribution in [2.45, 2.75) is 24.4 Å². The van der Waals surface area contributed by atoms with Crippen LogP contribution in [0.15, 0.2) is 47.4 Å². The van der Waals surface area contributed by atoms with Gasteiger partial charge in [0.15, 0.2) is 5.69 Å². The van der Waals surface area contributed by atoms with Gasteiger partial charge in [0.05, 0.1) is 14.8 Å². The molecule has 0 spiro atoms. The van der Waals surface area contributed by atoms with Crippen molar-refractivity contribution >= 4 is 32.9 Å². The number of nitrogens with one attached hydrogen (secondary N) is 2. The van der Waals surface area contributed by atoms with E-state index in [4.69, 9.17) is 21.1 Å². The van der Waals surface area contributed by atoms with Crippen molar-refractivity contribution in [3.05, 3.63) is 69.9 Å². The number of carbonyl (C=O) groups is 1. The summed E-state index contributed by atoms with van der Waals surface area (Å²) < 4.78 is 91.2. The molecule has 0 aliphatic rings. The Hall–Kier alpha value is -3.32. The fourth-order valence-electron chi connectivity index (χ4n) is 2.98. The third kappa shape index (κ3) is 6.03. The van der Waals surface area contributed by atoms with Crippen LogP contribution in [0, 0.1) is 11.7 Å². The van der Waals surface area contributed by atoms with E-state index in [0.29, 0.717) is 0 Å². The summed E-state index contributed by atoms with van der Waals surface area (Å²) >= 11 is 5.81. The van der Waals surface area contributed by atoms with E-state index in [-0.39, 0.29) is 21.4 Å². The Morgan fingerprint density at radius 1 is 1.17 bits per heavy atom. The van der Waals surface area contributed by atoms with Crippen molar-refractivity contribution in [1.82, 2.24) is 10.2 Å². The number of nitrogens with zero attached hydrogens (tertiary/aromatic N) is 2. The maximum Gasteiger partial charge on any atom is 0.435 e. The van der Waals surface area contributed by atoms with Gasteiger partial charge >= 0.3 is 6.18 Å². The number of amides is 1. The summed E-state index contributed by atoms with van der Waals surface area (Å²) in [6, 6.07) is 8.46. The molecule has 0 fully saturated rings. The molecule has 3 rings (SSSR count). The molecule has 1 amide bonds. The predicted molar refractivity (Wildman–Crippen MR) is 118 cm³/mol. The van der Waals surface area contributed by atoms with Crippen LogP contribution in [-0.4, -0.2) is 26.6 Å². The minimum atomic E-state index is -4.94. The van der Waals surface area contributed by atoms with Crippen molar-refractivity contribution in [3.63, 3.8) is 0 Å². The highest BCUT2D eigenvalue weighted by molar-refractivity contribution is 7.91. The van der Waals surface area contributed by atoms with Gasteiger partial charge in [0.25, 0.3) is 18.2 Å². The van der Waals surface area contributed by atoms with Crippen LogP contribution in [0.2, 0.25) is 5.02 Å². The zero-order valence-corrected chi connectivity index (χ0v) is 19.5. The van der Waals surface area contributed by atoms with Crippen molar-refractivity contribution in [2.75, 3.05) is 11.6 Å². The highest BCUT2D eigenvalue weighted by atomic mass is 35.5. The van der Waals surface area contributed by atoms with E-state index in [1.807, 2.05) is 0 Å². The maximum atomic E-state index is 13.4. The summed E-state index contributed by atoms with van der Waals surface area (Å²) in [5.74, 6) is -1.88. The molecule has 0 aliphatic carbocycles. The molecule has 14 heteroatoms. The summed E-state index contributed by atoms with van der Waals surface area (Å²) in [7, 11) is -3.14. The molecule has 1 heterocycles. The topological polar surface area (TPSA) is 105 Å². The molecule has 7 nitrogen and oxygen atoms in total. The van der Waals surface area contributed by atoms with Crippen LogP contribution >= 0.6 is 11.6 Å². The lowest BCUT2D eigenvalue weighted by Crippen LogP contribution is -2.21. The molecule has 0 saturated carbocycles. The standard InChI is InChI=1S/C21H16ClF5N4O3S/c1-10-16(19(32)29-11-4-3-5-13(8-11)35(2,28)33)20(31-30-17(10)21(25,26)27)34-12-6-7-14(18(23)24)15(22)9-12/h3-9,18,28H,1-2H3,(H,29,32). The number of carbonyl (C=O) groups excluding carboxylic acids is 1. The summed E-state index contributed by atoms with van der Waals surface area (Å²) in [6.45, 7) is 0.991. The Morgan fingerprint density at radius 2 is 1.86 bits per heavy atom. The number of hydrogen-bond donors (Lipinski definition) is 2. The summed E-state index contributed by atoms with van der Waals surface area (Å²) in [5, 5.41) is 8.50. The number of alkyl halides is 5. The minimum Gasteiger partial charge on any atom is -0.437 e. The lowest BCUT2D eigenvalue weighted by Gasteiger charge is -2.16. The van der Waals surface area contributed by atoms with Crippen LogP contribution in [0.4, 0.5) is 27.6 Å². The van der Waals surface area contributed by atoms with Crippen LogP contribution in [0.3, 0.4) is 0 Å². The molecule has 1 atom stereocenters. The molecule has 0 saturated heterocycles. The van der Waals surface area contributed by atoms with Gasteiger partial charge in [-0.05, 0) is 48.9 Å². The Balaban J connectivity index is 2.06. The average Bonchev–Trinajstić information content (AvgIpc) is 2.72. The van der Waals surface area contributed by atoms with Crippen molar-refractivity contribution < 1.29 is 35.7 Å². The molecule has 35 heavy (non-hydrogen) atoms. The monoisotopic (exact) mass is 534 g/mol. The van der Waals surface area contributed by atoms with Crippen molar-refractivity contribution in [2.24, 2.45) is 0 Å². The number of hydrogen-bond acceptors (Lipinski definition) is 6. The molecule has 1 unspecified atom stereocenters. The van der Waals surface area contributed by atoms with Crippen LogP contribution in [-0.2, 0) is 15.9 Å².